The average Bonchev–Trinajstić information content (AvgIpc) is 3.04. The van der Waals surface area contributed by atoms with Gasteiger partial charge in [-0.15, -0.1) is 0 Å². The number of hydrogen-bond acceptors (Lipinski definition) is 3. The zero-order valence-electron chi connectivity index (χ0n) is 10.1. The van der Waals surface area contributed by atoms with Crippen LogP contribution in [0.2, 0.25) is 0 Å². The number of fused-ring (bicyclic) bond motifs is 5. The molecule has 0 spiro atoms. The molecule has 0 aromatic heterocycles. The van der Waals surface area contributed by atoms with Gasteiger partial charge in [0.25, 0.3) is 0 Å². The molecule has 3 saturated heterocycles. The summed E-state index contributed by atoms with van der Waals surface area (Å²) in [7, 11) is 0. The lowest BCUT2D eigenvalue weighted by Crippen LogP contribution is -2.34. The SMILES string of the molecule is O=C1[C@@H]2[C@H](C(=O)N1c1cccc(F)c1)[C@@H]1CC[C@@H]2O1. The van der Waals surface area contributed by atoms with Gasteiger partial charge in [-0.1, -0.05) is 6.07 Å². The molecule has 19 heavy (non-hydrogen) atoms. The first-order valence-corrected chi connectivity index (χ1v) is 6.45. The molecule has 3 aliphatic heterocycles. The normalized spacial score (nSPS) is 36.2. The summed E-state index contributed by atoms with van der Waals surface area (Å²) in [6.07, 6.45) is 1.40. The van der Waals surface area contributed by atoms with E-state index in [1.54, 1.807) is 6.07 Å². The van der Waals surface area contributed by atoms with Crippen molar-refractivity contribution in [3.63, 3.8) is 0 Å². The first-order valence-electron chi connectivity index (χ1n) is 6.45. The molecule has 4 nitrogen and oxygen atoms in total. The van der Waals surface area contributed by atoms with Crippen molar-refractivity contribution < 1.29 is 18.7 Å². The van der Waals surface area contributed by atoms with Gasteiger partial charge in [0.05, 0.1) is 29.7 Å². The monoisotopic (exact) mass is 261 g/mol. The van der Waals surface area contributed by atoms with E-state index in [4.69, 9.17) is 4.74 Å². The van der Waals surface area contributed by atoms with Crippen molar-refractivity contribution >= 4 is 17.5 Å². The smallest absolute Gasteiger partial charge is 0.240 e. The van der Waals surface area contributed by atoms with E-state index in [-0.39, 0.29) is 35.9 Å². The molecule has 4 rings (SSSR count). The van der Waals surface area contributed by atoms with E-state index in [0.717, 1.165) is 17.7 Å². The first kappa shape index (κ1) is 11.1. The minimum absolute atomic E-state index is 0.134. The Morgan fingerprint density at radius 3 is 2.32 bits per heavy atom. The highest BCUT2D eigenvalue weighted by Gasteiger charge is 2.62. The topological polar surface area (TPSA) is 46.6 Å². The first-order chi connectivity index (χ1) is 9.16. The fraction of sp³-hybridized carbons (Fsp3) is 0.429. The Labute approximate surface area is 109 Å². The number of benzene rings is 1. The zero-order chi connectivity index (χ0) is 13.1. The summed E-state index contributed by atoms with van der Waals surface area (Å²) in [5, 5.41) is 0. The molecule has 0 saturated carbocycles. The Kier molecular flexibility index (Phi) is 2.12. The number of imide groups is 1. The number of halogens is 1. The molecule has 0 N–H and O–H groups in total. The Morgan fingerprint density at radius 1 is 1.11 bits per heavy atom. The number of rotatable bonds is 1. The number of ether oxygens (including phenoxy) is 1. The highest BCUT2D eigenvalue weighted by atomic mass is 19.1. The molecule has 1 aromatic carbocycles. The Hall–Kier alpha value is -1.75. The van der Waals surface area contributed by atoms with Gasteiger partial charge in [-0.3, -0.25) is 9.59 Å². The molecule has 98 valence electrons. The largest absolute Gasteiger partial charge is 0.373 e. The van der Waals surface area contributed by atoms with Gasteiger partial charge in [0.2, 0.25) is 11.8 Å². The lowest BCUT2D eigenvalue weighted by molar-refractivity contribution is -0.124. The third-order valence-corrected chi connectivity index (χ3v) is 4.35. The van der Waals surface area contributed by atoms with Crippen molar-refractivity contribution in [2.24, 2.45) is 11.8 Å². The minimum atomic E-state index is -0.450. The molecule has 3 heterocycles. The maximum Gasteiger partial charge on any atom is 0.240 e. The molecule has 0 unspecified atom stereocenters. The van der Waals surface area contributed by atoms with Crippen molar-refractivity contribution in [3.05, 3.63) is 30.1 Å². The fourth-order valence-electron chi connectivity index (χ4n) is 3.58. The molecular formula is C14H12FNO3. The summed E-state index contributed by atoms with van der Waals surface area (Å²) in [5.74, 6) is -1.67. The van der Waals surface area contributed by atoms with E-state index in [2.05, 4.69) is 0 Å². The van der Waals surface area contributed by atoms with Crippen LogP contribution in [0.25, 0.3) is 0 Å². The predicted molar refractivity (Wildman–Crippen MR) is 63.8 cm³/mol. The number of hydrogen-bond donors (Lipinski definition) is 0. The van der Waals surface area contributed by atoms with Crippen LogP contribution < -0.4 is 4.90 Å². The van der Waals surface area contributed by atoms with Crippen LogP contribution in [-0.2, 0) is 14.3 Å². The van der Waals surface area contributed by atoms with Gasteiger partial charge in [0, 0.05) is 0 Å². The molecule has 3 fully saturated rings. The van der Waals surface area contributed by atoms with Crippen LogP contribution in [0.4, 0.5) is 10.1 Å². The second-order valence-electron chi connectivity index (χ2n) is 5.33. The van der Waals surface area contributed by atoms with Crippen LogP contribution in [0, 0.1) is 17.7 Å². The van der Waals surface area contributed by atoms with Gasteiger partial charge >= 0.3 is 0 Å². The van der Waals surface area contributed by atoms with Gasteiger partial charge in [0.15, 0.2) is 0 Å². The Bertz CT molecular complexity index is 560. The maximum absolute atomic E-state index is 13.3. The van der Waals surface area contributed by atoms with Crippen LogP contribution >= 0.6 is 0 Å². The lowest BCUT2D eigenvalue weighted by Gasteiger charge is -2.17. The van der Waals surface area contributed by atoms with Crippen molar-refractivity contribution in [2.45, 2.75) is 25.0 Å². The van der Waals surface area contributed by atoms with Crippen molar-refractivity contribution in [2.75, 3.05) is 4.90 Å². The number of carbonyl (C=O) groups excluding carboxylic acids is 2. The van der Waals surface area contributed by atoms with Crippen molar-refractivity contribution in [1.29, 1.82) is 0 Å². The summed E-state index contributed by atoms with van der Waals surface area (Å²) in [5.41, 5.74) is 0.323. The van der Waals surface area contributed by atoms with Crippen LogP contribution in [0.15, 0.2) is 24.3 Å². The number of anilines is 1. The van der Waals surface area contributed by atoms with Crippen LogP contribution in [0.3, 0.4) is 0 Å². The zero-order valence-corrected chi connectivity index (χ0v) is 10.1. The summed E-state index contributed by atoms with van der Waals surface area (Å²) in [6.45, 7) is 0. The molecule has 2 amide bonds. The van der Waals surface area contributed by atoms with Crippen LogP contribution in [0.5, 0.6) is 0 Å². The van der Waals surface area contributed by atoms with Gasteiger partial charge in [0.1, 0.15) is 5.82 Å². The van der Waals surface area contributed by atoms with Gasteiger partial charge in [-0.2, -0.15) is 0 Å². The molecule has 0 radical (unpaired) electrons. The van der Waals surface area contributed by atoms with Gasteiger partial charge in [-0.25, -0.2) is 9.29 Å². The number of nitrogens with zero attached hydrogens (tertiary/aromatic N) is 1. The molecular weight excluding hydrogens is 249 g/mol. The summed E-state index contributed by atoms with van der Waals surface area (Å²) >= 11 is 0. The summed E-state index contributed by atoms with van der Waals surface area (Å²) < 4.78 is 18.9. The van der Waals surface area contributed by atoms with Crippen molar-refractivity contribution in [1.82, 2.24) is 0 Å². The molecule has 2 bridgehead atoms. The summed E-state index contributed by atoms with van der Waals surface area (Å²) in [6, 6.07) is 5.61. The fourth-order valence-corrected chi connectivity index (χ4v) is 3.58. The third kappa shape index (κ3) is 1.36. The average molecular weight is 261 g/mol. The van der Waals surface area contributed by atoms with Crippen LogP contribution in [0.1, 0.15) is 12.8 Å². The molecule has 0 aliphatic carbocycles. The van der Waals surface area contributed by atoms with E-state index in [1.165, 1.54) is 18.2 Å². The Balaban J connectivity index is 1.75. The highest BCUT2D eigenvalue weighted by molar-refractivity contribution is 6.22. The minimum Gasteiger partial charge on any atom is -0.373 e. The predicted octanol–water partition coefficient (Wildman–Crippen LogP) is 1.49. The van der Waals surface area contributed by atoms with E-state index >= 15 is 0 Å². The molecule has 1 aromatic rings. The van der Waals surface area contributed by atoms with Gasteiger partial charge in [-0.05, 0) is 31.0 Å². The molecule has 3 aliphatic rings. The van der Waals surface area contributed by atoms with E-state index in [0.29, 0.717) is 5.69 Å². The molecule has 5 heteroatoms. The summed E-state index contributed by atoms with van der Waals surface area (Å²) in [4.78, 5) is 25.9. The quantitative estimate of drug-likeness (QED) is 0.720. The number of amides is 2. The highest BCUT2D eigenvalue weighted by Crippen LogP contribution is 2.49. The lowest BCUT2D eigenvalue weighted by atomic mass is 9.81. The Morgan fingerprint density at radius 2 is 1.74 bits per heavy atom. The van der Waals surface area contributed by atoms with Gasteiger partial charge < -0.3 is 4.74 Å². The second kappa shape index (κ2) is 3.63. The van der Waals surface area contributed by atoms with E-state index in [1.807, 2.05) is 0 Å². The third-order valence-electron chi connectivity index (χ3n) is 4.35. The number of carbonyl (C=O) groups is 2. The van der Waals surface area contributed by atoms with Crippen LogP contribution in [-0.4, -0.2) is 24.0 Å². The van der Waals surface area contributed by atoms with E-state index < -0.39 is 5.82 Å². The second-order valence-corrected chi connectivity index (χ2v) is 5.33. The standard InChI is InChI=1S/C14H12FNO3/c15-7-2-1-3-8(6-7)16-13(17)11-9-4-5-10(19-9)12(11)14(16)18/h1-3,6,9-12H,4-5H2/t9-,10-,11-,12+/m0/s1. The van der Waals surface area contributed by atoms with Crippen molar-refractivity contribution in [3.8, 4) is 0 Å². The maximum atomic E-state index is 13.3. The molecule has 4 atom stereocenters. The van der Waals surface area contributed by atoms with E-state index in [9.17, 15) is 14.0 Å².